The second-order valence-electron chi connectivity index (χ2n) is 3.39. The van der Waals surface area contributed by atoms with Gasteiger partial charge in [0.15, 0.2) is 0 Å². The zero-order valence-electron chi connectivity index (χ0n) is 8.88. The Morgan fingerprint density at radius 1 is 1.40 bits per heavy atom. The molecule has 0 saturated heterocycles. The average Bonchev–Trinajstić information content (AvgIpc) is 2.24. The maximum atomic E-state index is 5.98. The molecule has 1 rings (SSSR count). The Hall–Kier alpha value is 0.150. The van der Waals surface area contributed by atoms with Crippen molar-refractivity contribution < 1.29 is 0 Å². The van der Waals surface area contributed by atoms with Crippen molar-refractivity contribution in [1.29, 1.82) is 0 Å². The second kappa shape index (κ2) is 7.43. The van der Waals surface area contributed by atoms with Crippen LogP contribution in [0.3, 0.4) is 0 Å². The largest absolute Gasteiger partial charge is 0.162 e. The number of alkyl halides is 1. The SMILES string of the molecule is CCSCCC(CCl)c1cccc(Cl)c1. The Balaban J connectivity index is 2.57. The molecule has 1 aromatic carbocycles. The first-order valence-electron chi connectivity index (χ1n) is 5.17. The van der Waals surface area contributed by atoms with E-state index >= 15 is 0 Å². The normalized spacial score (nSPS) is 12.7. The minimum atomic E-state index is 0.435. The number of hydrogen-bond acceptors (Lipinski definition) is 1. The van der Waals surface area contributed by atoms with Crippen molar-refractivity contribution in [3.05, 3.63) is 34.9 Å². The fraction of sp³-hybridized carbons (Fsp3) is 0.500. The van der Waals surface area contributed by atoms with E-state index < -0.39 is 0 Å². The summed E-state index contributed by atoms with van der Waals surface area (Å²) in [5, 5.41) is 0.797. The van der Waals surface area contributed by atoms with Crippen LogP contribution in [0, 0.1) is 0 Å². The van der Waals surface area contributed by atoms with E-state index in [1.165, 1.54) is 17.1 Å². The van der Waals surface area contributed by atoms with Crippen LogP contribution < -0.4 is 0 Å². The molecule has 0 saturated carbocycles. The molecule has 1 atom stereocenters. The van der Waals surface area contributed by atoms with E-state index in [4.69, 9.17) is 23.2 Å². The van der Waals surface area contributed by atoms with Gasteiger partial charge in [-0.1, -0.05) is 30.7 Å². The number of hydrogen-bond donors (Lipinski definition) is 0. The molecule has 1 unspecified atom stereocenters. The molecule has 0 heterocycles. The van der Waals surface area contributed by atoms with Crippen molar-refractivity contribution in [2.24, 2.45) is 0 Å². The average molecular weight is 263 g/mol. The first-order valence-corrected chi connectivity index (χ1v) is 7.23. The van der Waals surface area contributed by atoms with Gasteiger partial charge in [-0.3, -0.25) is 0 Å². The maximum absolute atomic E-state index is 5.98. The van der Waals surface area contributed by atoms with Crippen LogP contribution >= 0.6 is 35.0 Å². The van der Waals surface area contributed by atoms with Crippen molar-refractivity contribution in [2.75, 3.05) is 17.4 Å². The van der Waals surface area contributed by atoms with Crippen molar-refractivity contribution in [2.45, 2.75) is 19.3 Å². The van der Waals surface area contributed by atoms with Crippen molar-refractivity contribution in [3.8, 4) is 0 Å². The molecule has 0 spiro atoms. The zero-order chi connectivity index (χ0) is 11.1. The smallest absolute Gasteiger partial charge is 0.0408 e. The molecule has 84 valence electrons. The van der Waals surface area contributed by atoms with E-state index in [0.29, 0.717) is 11.8 Å². The highest BCUT2D eigenvalue weighted by atomic mass is 35.5. The molecule has 15 heavy (non-hydrogen) atoms. The number of rotatable bonds is 6. The van der Waals surface area contributed by atoms with Gasteiger partial charge in [0.2, 0.25) is 0 Å². The summed E-state index contributed by atoms with van der Waals surface area (Å²) >= 11 is 13.9. The highest BCUT2D eigenvalue weighted by Crippen LogP contribution is 2.25. The molecule has 0 aromatic heterocycles. The fourth-order valence-electron chi connectivity index (χ4n) is 1.46. The van der Waals surface area contributed by atoms with Crippen molar-refractivity contribution in [3.63, 3.8) is 0 Å². The molecule has 0 radical (unpaired) electrons. The Morgan fingerprint density at radius 2 is 2.20 bits per heavy atom. The van der Waals surface area contributed by atoms with Gasteiger partial charge < -0.3 is 0 Å². The van der Waals surface area contributed by atoms with Gasteiger partial charge in [0, 0.05) is 10.9 Å². The van der Waals surface area contributed by atoms with E-state index in [1.807, 2.05) is 30.0 Å². The van der Waals surface area contributed by atoms with Crippen LogP contribution in [0.25, 0.3) is 0 Å². The third kappa shape index (κ3) is 4.67. The first-order chi connectivity index (χ1) is 7.27. The van der Waals surface area contributed by atoms with Crippen molar-refractivity contribution >= 4 is 35.0 Å². The molecule has 0 nitrogen and oxygen atoms in total. The van der Waals surface area contributed by atoms with Gasteiger partial charge in [-0.05, 0) is 41.5 Å². The van der Waals surface area contributed by atoms with Crippen LogP contribution in [0.4, 0.5) is 0 Å². The van der Waals surface area contributed by atoms with Gasteiger partial charge in [-0.15, -0.1) is 11.6 Å². The van der Waals surface area contributed by atoms with Crippen LogP contribution in [0.1, 0.15) is 24.8 Å². The summed E-state index contributed by atoms with van der Waals surface area (Å²) in [5.74, 6) is 3.44. The first kappa shape index (κ1) is 13.2. The summed E-state index contributed by atoms with van der Waals surface area (Å²) in [5.41, 5.74) is 1.26. The summed E-state index contributed by atoms with van der Waals surface area (Å²) in [4.78, 5) is 0. The fourth-order valence-corrected chi connectivity index (χ4v) is 2.73. The molecular weight excluding hydrogens is 247 g/mol. The van der Waals surface area contributed by atoms with Crippen LogP contribution in [0.5, 0.6) is 0 Å². The summed E-state index contributed by atoms with van der Waals surface area (Å²) < 4.78 is 0. The predicted molar refractivity (Wildman–Crippen MR) is 72.5 cm³/mol. The standard InChI is InChI=1S/C12H16Cl2S/c1-2-15-7-6-11(9-13)10-4-3-5-12(14)8-10/h3-5,8,11H,2,6-7,9H2,1H3. The zero-order valence-corrected chi connectivity index (χ0v) is 11.2. The summed E-state index contributed by atoms with van der Waals surface area (Å²) in [6.07, 6.45) is 1.13. The topological polar surface area (TPSA) is 0 Å². The Morgan fingerprint density at radius 3 is 2.80 bits per heavy atom. The molecule has 0 amide bonds. The highest BCUT2D eigenvalue weighted by Gasteiger charge is 2.10. The van der Waals surface area contributed by atoms with E-state index in [2.05, 4.69) is 13.0 Å². The number of benzene rings is 1. The Kier molecular flexibility index (Phi) is 6.54. The molecule has 0 N–H and O–H groups in total. The van der Waals surface area contributed by atoms with Gasteiger partial charge in [-0.2, -0.15) is 11.8 Å². The van der Waals surface area contributed by atoms with E-state index in [0.717, 1.165) is 11.4 Å². The predicted octanol–water partition coefficient (Wildman–Crippen LogP) is 4.81. The molecular formula is C12H16Cl2S. The lowest BCUT2D eigenvalue weighted by molar-refractivity contribution is 0.748. The lowest BCUT2D eigenvalue weighted by Gasteiger charge is -2.14. The molecule has 0 aliphatic rings. The number of thioether (sulfide) groups is 1. The van der Waals surface area contributed by atoms with Crippen molar-refractivity contribution in [1.82, 2.24) is 0 Å². The minimum absolute atomic E-state index is 0.435. The Bertz CT molecular complexity index is 289. The third-order valence-electron chi connectivity index (χ3n) is 2.32. The lowest BCUT2D eigenvalue weighted by Crippen LogP contribution is -2.02. The van der Waals surface area contributed by atoms with Crippen LogP contribution in [-0.4, -0.2) is 17.4 Å². The molecule has 0 fully saturated rings. The monoisotopic (exact) mass is 262 g/mol. The lowest BCUT2D eigenvalue weighted by atomic mass is 9.99. The summed E-state index contributed by atoms with van der Waals surface area (Å²) in [6, 6.07) is 8.02. The molecule has 0 bridgehead atoms. The van der Waals surface area contributed by atoms with Gasteiger partial charge >= 0.3 is 0 Å². The molecule has 0 aliphatic heterocycles. The van der Waals surface area contributed by atoms with E-state index in [-0.39, 0.29) is 0 Å². The number of halogens is 2. The quantitative estimate of drug-likeness (QED) is 0.524. The van der Waals surface area contributed by atoms with E-state index in [9.17, 15) is 0 Å². The molecule has 0 aliphatic carbocycles. The Labute approximate surface area is 106 Å². The third-order valence-corrected chi connectivity index (χ3v) is 3.86. The molecule has 1 aromatic rings. The van der Waals surface area contributed by atoms with Crippen LogP contribution in [0.2, 0.25) is 5.02 Å². The highest BCUT2D eigenvalue weighted by molar-refractivity contribution is 7.99. The second-order valence-corrected chi connectivity index (χ2v) is 5.53. The summed E-state index contributed by atoms with van der Waals surface area (Å²) in [6.45, 7) is 2.18. The van der Waals surface area contributed by atoms with Gasteiger partial charge in [-0.25, -0.2) is 0 Å². The van der Waals surface area contributed by atoms with Crippen LogP contribution in [-0.2, 0) is 0 Å². The van der Waals surface area contributed by atoms with Gasteiger partial charge in [0.25, 0.3) is 0 Å². The van der Waals surface area contributed by atoms with E-state index in [1.54, 1.807) is 0 Å². The molecule has 3 heteroatoms. The maximum Gasteiger partial charge on any atom is 0.0408 e. The van der Waals surface area contributed by atoms with Crippen LogP contribution in [0.15, 0.2) is 24.3 Å². The van der Waals surface area contributed by atoms with Gasteiger partial charge in [0.05, 0.1) is 0 Å². The van der Waals surface area contributed by atoms with Gasteiger partial charge in [0.1, 0.15) is 0 Å². The minimum Gasteiger partial charge on any atom is -0.162 e. The summed E-state index contributed by atoms with van der Waals surface area (Å²) in [7, 11) is 0.